The van der Waals surface area contributed by atoms with Crippen molar-refractivity contribution in [3.05, 3.63) is 64.7 Å². The summed E-state index contributed by atoms with van der Waals surface area (Å²) in [6, 6.07) is 14.2. The molecule has 0 aromatic heterocycles. The van der Waals surface area contributed by atoms with Crippen molar-refractivity contribution in [2.24, 2.45) is 0 Å². The molecule has 0 radical (unpaired) electrons. The van der Waals surface area contributed by atoms with Crippen LogP contribution < -0.4 is 10.1 Å². The van der Waals surface area contributed by atoms with E-state index in [1.165, 1.54) is 0 Å². The number of fused-ring (bicyclic) bond motifs is 1. The maximum atomic E-state index is 10.7. The third-order valence-electron chi connectivity index (χ3n) is 4.77. The number of nitrogens with one attached hydrogen (secondary N) is 1. The second-order valence-electron chi connectivity index (χ2n) is 6.95. The van der Waals surface area contributed by atoms with Crippen LogP contribution in [0.3, 0.4) is 0 Å². The van der Waals surface area contributed by atoms with E-state index in [0.29, 0.717) is 18.4 Å². The van der Waals surface area contributed by atoms with Crippen LogP contribution in [0.1, 0.15) is 48.6 Å². The van der Waals surface area contributed by atoms with Crippen molar-refractivity contribution in [1.82, 2.24) is 5.32 Å². The molecule has 0 bridgehead atoms. The lowest BCUT2D eigenvalue weighted by Crippen LogP contribution is -2.42. The fraction of sp³-hybridized carbons (Fsp3) is 0.429. The first kappa shape index (κ1) is 17.9. The molecule has 4 heteroatoms. The first-order chi connectivity index (χ1) is 12.1. The van der Waals surface area contributed by atoms with E-state index in [9.17, 15) is 10.2 Å². The zero-order valence-corrected chi connectivity index (χ0v) is 14.9. The van der Waals surface area contributed by atoms with Gasteiger partial charge in [-0.1, -0.05) is 50.2 Å². The van der Waals surface area contributed by atoms with Gasteiger partial charge in [-0.25, -0.2) is 0 Å². The molecule has 0 amide bonds. The molecule has 1 aliphatic carbocycles. The van der Waals surface area contributed by atoms with Crippen molar-refractivity contribution in [3.63, 3.8) is 0 Å². The highest BCUT2D eigenvalue weighted by Gasteiger charge is 2.30. The van der Waals surface area contributed by atoms with Crippen LogP contribution in [0, 0.1) is 0 Å². The van der Waals surface area contributed by atoms with Gasteiger partial charge in [-0.15, -0.1) is 0 Å². The van der Waals surface area contributed by atoms with Gasteiger partial charge in [0.25, 0.3) is 0 Å². The number of rotatable bonds is 6. The Morgan fingerprint density at radius 3 is 2.60 bits per heavy atom. The van der Waals surface area contributed by atoms with Crippen LogP contribution in [-0.2, 0) is 19.6 Å². The van der Waals surface area contributed by atoms with Gasteiger partial charge in [-0.2, -0.15) is 0 Å². The van der Waals surface area contributed by atoms with Crippen molar-refractivity contribution in [2.45, 2.75) is 58.1 Å². The fourth-order valence-corrected chi connectivity index (χ4v) is 3.58. The smallest absolute Gasteiger partial charge is 0.125 e. The van der Waals surface area contributed by atoms with Gasteiger partial charge >= 0.3 is 0 Å². The number of hydrogen-bond donors (Lipinski definition) is 3. The summed E-state index contributed by atoms with van der Waals surface area (Å²) in [5.41, 5.74) is 3.82. The highest BCUT2D eigenvalue weighted by molar-refractivity contribution is 5.47. The minimum Gasteiger partial charge on any atom is -0.489 e. The summed E-state index contributed by atoms with van der Waals surface area (Å²) >= 11 is 0. The molecule has 2 aromatic rings. The Kier molecular flexibility index (Phi) is 5.74. The van der Waals surface area contributed by atoms with E-state index in [4.69, 9.17) is 4.74 Å². The van der Waals surface area contributed by atoms with Crippen LogP contribution in [0.2, 0.25) is 0 Å². The topological polar surface area (TPSA) is 61.7 Å². The van der Waals surface area contributed by atoms with Gasteiger partial charge < -0.3 is 20.3 Å². The third kappa shape index (κ3) is 4.03. The predicted molar refractivity (Wildman–Crippen MR) is 98.5 cm³/mol. The van der Waals surface area contributed by atoms with Crippen molar-refractivity contribution in [1.29, 1.82) is 0 Å². The van der Waals surface area contributed by atoms with E-state index in [1.807, 2.05) is 42.5 Å². The third-order valence-corrected chi connectivity index (χ3v) is 4.77. The molecule has 3 rings (SSSR count). The molecule has 0 spiro atoms. The summed E-state index contributed by atoms with van der Waals surface area (Å²) in [4.78, 5) is 0. The quantitative estimate of drug-likeness (QED) is 0.755. The second-order valence-corrected chi connectivity index (χ2v) is 6.95. The molecular weight excluding hydrogens is 314 g/mol. The summed E-state index contributed by atoms with van der Waals surface area (Å²) in [5, 5.41) is 24.0. The number of ether oxygens (including phenoxy) is 1. The van der Waals surface area contributed by atoms with Gasteiger partial charge in [0.05, 0.1) is 12.7 Å². The zero-order chi connectivity index (χ0) is 17.8. The largest absolute Gasteiger partial charge is 0.489 e. The van der Waals surface area contributed by atoms with Crippen molar-refractivity contribution < 1.29 is 14.9 Å². The molecule has 134 valence electrons. The fourth-order valence-electron chi connectivity index (χ4n) is 3.58. The van der Waals surface area contributed by atoms with Crippen molar-refractivity contribution in [3.8, 4) is 5.75 Å². The maximum Gasteiger partial charge on any atom is 0.125 e. The molecule has 0 unspecified atom stereocenters. The predicted octanol–water partition coefficient (Wildman–Crippen LogP) is 3.10. The number of benzene rings is 2. The monoisotopic (exact) mass is 341 g/mol. The van der Waals surface area contributed by atoms with E-state index in [-0.39, 0.29) is 12.6 Å². The molecule has 0 saturated heterocycles. The first-order valence-electron chi connectivity index (χ1n) is 8.96. The van der Waals surface area contributed by atoms with Gasteiger partial charge in [0.15, 0.2) is 0 Å². The second kappa shape index (κ2) is 8.00. The molecule has 2 atom stereocenters. The van der Waals surface area contributed by atoms with Crippen LogP contribution in [-0.4, -0.2) is 22.3 Å². The molecule has 0 fully saturated rings. The Bertz CT molecular complexity index is 700. The summed E-state index contributed by atoms with van der Waals surface area (Å²) in [5.74, 6) is 0.701. The summed E-state index contributed by atoms with van der Waals surface area (Å²) in [6.45, 7) is 4.55. The molecule has 25 heavy (non-hydrogen) atoms. The number of hydrogen-bond acceptors (Lipinski definition) is 4. The Balaban J connectivity index is 1.81. The van der Waals surface area contributed by atoms with Gasteiger partial charge in [0.2, 0.25) is 0 Å². The normalized spacial score (nSPS) is 19.7. The highest BCUT2D eigenvalue weighted by Crippen LogP contribution is 2.36. The molecule has 0 aliphatic heterocycles. The zero-order valence-electron chi connectivity index (χ0n) is 14.9. The molecular formula is C21H27NO3. The van der Waals surface area contributed by atoms with Gasteiger partial charge in [0, 0.05) is 17.6 Å². The lowest BCUT2D eigenvalue weighted by molar-refractivity contribution is 0.109. The van der Waals surface area contributed by atoms with Gasteiger partial charge in [-0.3, -0.25) is 0 Å². The Hall–Kier alpha value is -1.88. The average Bonchev–Trinajstić information content (AvgIpc) is 2.62. The van der Waals surface area contributed by atoms with Crippen LogP contribution in [0.5, 0.6) is 5.75 Å². The lowest BCUT2D eigenvalue weighted by Gasteiger charge is -2.33. The van der Waals surface area contributed by atoms with E-state index < -0.39 is 6.10 Å². The molecule has 0 saturated carbocycles. The van der Waals surface area contributed by atoms with Crippen LogP contribution in [0.4, 0.5) is 0 Å². The van der Waals surface area contributed by atoms with E-state index >= 15 is 0 Å². The van der Waals surface area contributed by atoms with Crippen LogP contribution in [0.15, 0.2) is 42.5 Å². The SMILES string of the molecule is CC(C)N[C@@H]1CCc2c(ccc(OCc3ccccc3)c2CO)[C@H]1O. The van der Waals surface area contributed by atoms with Gasteiger partial charge in [-0.05, 0) is 35.6 Å². The van der Waals surface area contributed by atoms with Crippen molar-refractivity contribution >= 4 is 0 Å². The van der Waals surface area contributed by atoms with E-state index in [2.05, 4.69) is 19.2 Å². The molecule has 2 aromatic carbocycles. The molecule has 1 aliphatic rings. The highest BCUT2D eigenvalue weighted by atomic mass is 16.5. The van der Waals surface area contributed by atoms with E-state index in [1.54, 1.807) is 0 Å². The van der Waals surface area contributed by atoms with Crippen molar-refractivity contribution in [2.75, 3.05) is 0 Å². The first-order valence-corrected chi connectivity index (χ1v) is 8.96. The Labute approximate surface area is 149 Å². The minimum absolute atomic E-state index is 0.0510. The number of aliphatic hydroxyl groups is 2. The van der Waals surface area contributed by atoms with Crippen LogP contribution in [0.25, 0.3) is 0 Å². The molecule has 3 N–H and O–H groups in total. The summed E-state index contributed by atoms with van der Waals surface area (Å²) in [6.07, 6.45) is 1.12. The summed E-state index contributed by atoms with van der Waals surface area (Å²) in [7, 11) is 0. The van der Waals surface area contributed by atoms with Crippen LogP contribution >= 0.6 is 0 Å². The Morgan fingerprint density at radius 1 is 1.16 bits per heavy atom. The molecule has 0 heterocycles. The standard InChI is InChI=1S/C21H27NO3/c1-14(2)22-19-10-8-16-17(21(19)24)9-11-20(18(16)12-23)25-13-15-6-4-3-5-7-15/h3-7,9,11,14,19,21-24H,8,10,12-13H2,1-2H3/t19-,21-/m1/s1. The maximum absolute atomic E-state index is 10.7. The number of aliphatic hydroxyl groups excluding tert-OH is 2. The average molecular weight is 341 g/mol. The molecule has 4 nitrogen and oxygen atoms in total. The van der Waals surface area contributed by atoms with Gasteiger partial charge in [0.1, 0.15) is 12.4 Å². The Morgan fingerprint density at radius 2 is 1.92 bits per heavy atom. The van der Waals surface area contributed by atoms with E-state index in [0.717, 1.165) is 35.1 Å². The minimum atomic E-state index is -0.556. The lowest BCUT2D eigenvalue weighted by atomic mass is 9.83. The summed E-state index contributed by atoms with van der Waals surface area (Å²) < 4.78 is 5.95.